The normalized spacial score (nSPS) is 23.4. The van der Waals surface area contributed by atoms with Gasteiger partial charge in [0, 0.05) is 43.0 Å². The van der Waals surface area contributed by atoms with Crippen LogP contribution in [0.15, 0.2) is 54.9 Å². The average molecular weight is 715 g/mol. The predicted molar refractivity (Wildman–Crippen MR) is 190 cm³/mol. The van der Waals surface area contributed by atoms with Gasteiger partial charge in [-0.3, -0.25) is 9.69 Å². The molecule has 3 aromatic carbocycles. The highest BCUT2D eigenvalue weighted by atomic mass is 35.5. The summed E-state index contributed by atoms with van der Waals surface area (Å²) in [7, 11) is 0. The Labute approximate surface area is 298 Å². The van der Waals surface area contributed by atoms with E-state index in [1.54, 1.807) is 12.1 Å². The van der Waals surface area contributed by atoms with Crippen LogP contribution >= 0.6 is 11.6 Å². The summed E-state index contributed by atoms with van der Waals surface area (Å²) >= 11 is 6.77. The van der Waals surface area contributed by atoms with Gasteiger partial charge in [-0.25, -0.2) is 8.78 Å². The van der Waals surface area contributed by atoms with Crippen molar-refractivity contribution in [3.8, 4) is 34.7 Å². The zero-order chi connectivity index (χ0) is 35.4. The molecule has 4 heterocycles. The summed E-state index contributed by atoms with van der Waals surface area (Å²) in [5.74, 6) is -1.26. The Morgan fingerprint density at radius 1 is 1.16 bits per heavy atom. The Morgan fingerprint density at radius 3 is 2.73 bits per heavy atom. The lowest BCUT2D eigenvalue weighted by molar-refractivity contribution is -0.131. The maximum atomic E-state index is 14.7. The minimum Gasteiger partial charge on any atom is -0.507 e. The highest BCUT2D eigenvalue weighted by Crippen LogP contribution is 2.50. The molecule has 1 amide bonds. The predicted octanol–water partition coefficient (Wildman–Crippen LogP) is 6.72. The number of amides is 1. The van der Waals surface area contributed by atoms with Crippen LogP contribution in [0.4, 0.5) is 14.6 Å². The molecule has 4 fully saturated rings. The van der Waals surface area contributed by atoms with Gasteiger partial charge in [-0.1, -0.05) is 48.5 Å². The number of fused-ring (bicyclic) bond motifs is 3. The lowest BCUT2D eigenvalue weighted by atomic mass is 9.95. The highest BCUT2D eigenvalue weighted by molar-refractivity contribution is 6.37. The zero-order valence-corrected chi connectivity index (χ0v) is 28.7. The Balaban J connectivity index is 1.29. The summed E-state index contributed by atoms with van der Waals surface area (Å²) in [4.78, 5) is 27.9. The van der Waals surface area contributed by atoms with Gasteiger partial charge >= 0.3 is 6.01 Å². The number of anilines is 1. The molecular weight excluding hydrogens is 678 g/mol. The van der Waals surface area contributed by atoms with E-state index in [9.17, 15) is 23.9 Å². The molecule has 264 valence electrons. The van der Waals surface area contributed by atoms with Crippen LogP contribution in [0, 0.1) is 11.3 Å². The van der Waals surface area contributed by atoms with Gasteiger partial charge in [0.1, 0.15) is 29.9 Å². The van der Waals surface area contributed by atoms with Crippen LogP contribution < -0.4 is 14.4 Å². The second-order valence-corrected chi connectivity index (χ2v) is 14.4. The number of phenolic OH excluding ortho intramolecular Hbond substituents is 1. The van der Waals surface area contributed by atoms with Crippen molar-refractivity contribution in [2.45, 2.75) is 62.4 Å². The summed E-state index contributed by atoms with van der Waals surface area (Å²) in [5.41, 5.74) is 1.05. The van der Waals surface area contributed by atoms with E-state index < -0.39 is 29.5 Å². The van der Waals surface area contributed by atoms with Crippen LogP contribution in [0.2, 0.25) is 5.02 Å². The number of hydrogen-bond donors (Lipinski definition) is 1. The van der Waals surface area contributed by atoms with Crippen molar-refractivity contribution in [3.63, 3.8) is 0 Å². The van der Waals surface area contributed by atoms with Crippen molar-refractivity contribution in [2.24, 2.45) is 0 Å². The average Bonchev–Trinajstić information content (AvgIpc) is 3.77. The first kappa shape index (κ1) is 33.4. The third-order valence-corrected chi connectivity index (χ3v) is 11.0. The molecule has 1 aliphatic carbocycles. The third kappa shape index (κ3) is 6.06. The smallest absolute Gasteiger partial charge is 0.319 e. The van der Waals surface area contributed by atoms with Gasteiger partial charge in [-0.15, -0.1) is 0 Å². The molecule has 10 nitrogen and oxygen atoms in total. The molecule has 13 heteroatoms. The number of piperazine rings is 1. The van der Waals surface area contributed by atoms with Gasteiger partial charge in [-0.2, -0.15) is 15.2 Å². The molecular formula is C38H37ClF2N6O4. The summed E-state index contributed by atoms with van der Waals surface area (Å²) in [6.07, 6.45) is 2.73. The first-order valence-electron chi connectivity index (χ1n) is 17.4. The molecule has 1 aromatic heterocycles. The fraction of sp³-hybridized carbons (Fsp3) is 0.421. The van der Waals surface area contributed by atoms with E-state index in [1.807, 2.05) is 35.2 Å². The number of halogens is 3. The Bertz CT molecular complexity index is 2100. The number of benzene rings is 3. The van der Waals surface area contributed by atoms with Gasteiger partial charge in [0.15, 0.2) is 11.6 Å². The van der Waals surface area contributed by atoms with Gasteiger partial charge in [0.2, 0.25) is 0 Å². The lowest BCUT2D eigenvalue weighted by Crippen LogP contribution is -2.55. The number of aromatic nitrogens is 2. The van der Waals surface area contributed by atoms with E-state index in [4.69, 9.17) is 31.0 Å². The SMILES string of the molecule is C=C(F)C(=O)N1CCN(c2nc(OC[C@@]34CCCN3C[C@H](F)C4)nc3c(OC4CC4)c(-c4cccc5cccc(Cl)c45)c(O)cc23)C[C@@H]1CC#N. The second-order valence-electron chi connectivity index (χ2n) is 14.0. The molecule has 3 saturated heterocycles. The number of nitrogens with zero attached hydrogens (tertiary/aromatic N) is 6. The van der Waals surface area contributed by atoms with E-state index >= 15 is 0 Å². The first-order chi connectivity index (χ1) is 24.7. The maximum absolute atomic E-state index is 14.7. The molecule has 8 rings (SSSR count). The van der Waals surface area contributed by atoms with Crippen LogP contribution in [0.25, 0.3) is 32.8 Å². The number of aromatic hydroxyl groups is 1. The van der Waals surface area contributed by atoms with Gasteiger partial charge < -0.3 is 24.4 Å². The Kier molecular flexibility index (Phi) is 8.59. The molecule has 0 spiro atoms. The number of alkyl halides is 1. The number of rotatable bonds is 9. The minimum atomic E-state index is -1.09. The van der Waals surface area contributed by atoms with Gasteiger partial charge in [0.25, 0.3) is 5.91 Å². The van der Waals surface area contributed by atoms with Crippen molar-refractivity contribution in [1.29, 1.82) is 5.26 Å². The standard InChI is InChI=1S/C38H37ClF2N6O4/c1-22(40)36(49)47-16-15-45(20-25(47)11-13-42)35-28-17-30(48)32(27-7-2-5-23-6-3-8-29(39)31(23)27)34(51-26-9-10-26)33(28)43-37(44-35)50-21-38-12-4-14-46(38)19-24(41)18-38/h2-3,5-8,17,24-26,48H,1,4,9-12,14-16,18-21H2/t24-,25+,38+/m1/s1. The molecule has 1 saturated carbocycles. The van der Waals surface area contributed by atoms with Crippen LogP contribution in [-0.4, -0.2) is 94.0 Å². The fourth-order valence-corrected chi connectivity index (χ4v) is 8.41. The number of nitriles is 1. The summed E-state index contributed by atoms with van der Waals surface area (Å²) in [5, 5.41) is 24.1. The number of ether oxygens (including phenoxy) is 2. The maximum Gasteiger partial charge on any atom is 0.319 e. The van der Waals surface area contributed by atoms with E-state index in [2.05, 4.69) is 17.5 Å². The Morgan fingerprint density at radius 2 is 1.96 bits per heavy atom. The molecule has 4 aromatic rings. The largest absolute Gasteiger partial charge is 0.507 e. The van der Waals surface area contributed by atoms with Crippen molar-refractivity contribution in [1.82, 2.24) is 19.8 Å². The number of carbonyl (C=O) groups excluding carboxylic acids is 1. The first-order valence-corrected chi connectivity index (χ1v) is 17.7. The van der Waals surface area contributed by atoms with Crippen LogP contribution in [0.1, 0.15) is 38.5 Å². The fourth-order valence-electron chi connectivity index (χ4n) is 8.12. The molecule has 3 atom stereocenters. The zero-order valence-electron chi connectivity index (χ0n) is 28.0. The van der Waals surface area contributed by atoms with Crippen LogP contribution in [0.5, 0.6) is 17.5 Å². The molecule has 3 aliphatic heterocycles. The topological polar surface area (TPSA) is 115 Å². The number of hydrogen-bond acceptors (Lipinski definition) is 9. The molecule has 0 bridgehead atoms. The molecule has 0 radical (unpaired) electrons. The van der Waals surface area contributed by atoms with Gasteiger partial charge in [0.05, 0.1) is 41.1 Å². The van der Waals surface area contributed by atoms with Crippen molar-refractivity contribution >= 4 is 45.0 Å². The highest BCUT2D eigenvalue weighted by Gasteiger charge is 2.49. The molecule has 0 unspecified atom stereocenters. The summed E-state index contributed by atoms with van der Waals surface area (Å²) < 4.78 is 41.7. The van der Waals surface area contributed by atoms with E-state index in [0.717, 1.165) is 43.0 Å². The Hall–Kier alpha value is -4.73. The van der Waals surface area contributed by atoms with E-state index in [0.29, 0.717) is 51.6 Å². The van der Waals surface area contributed by atoms with Crippen molar-refractivity contribution in [3.05, 3.63) is 59.9 Å². The van der Waals surface area contributed by atoms with Gasteiger partial charge in [-0.05, 0) is 55.3 Å². The van der Waals surface area contributed by atoms with Crippen LogP contribution in [-0.2, 0) is 4.79 Å². The summed E-state index contributed by atoms with van der Waals surface area (Å²) in [6, 6.07) is 14.5. The second kappa shape index (κ2) is 13.1. The van der Waals surface area contributed by atoms with Crippen molar-refractivity contribution in [2.75, 3.05) is 44.2 Å². The summed E-state index contributed by atoms with van der Waals surface area (Å²) in [6.45, 7) is 5.04. The monoisotopic (exact) mass is 714 g/mol. The van der Waals surface area contributed by atoms with E-state index in [1.165, 1.54) is 4.90 Å². The molecule has 4 aliphatic rings. The molecule has 51 heavy (non-hydrogen) atoms. The number of phenols is 1. The van der Waals surface area contributed by atoms with Crippen molar-refractivity contribution < 1.29 is 28.2 Å². The third-order valence-electron chi connectivity index (χ3n) is 10.6. The lowest BCUT2D eigenvalue weighted by Gasteiger charge is -2.41. The quantitative estimate of drug-likeness (QED) is 0.189. The van der Waals surface area contributed by atoms with E-state index in [-0.39, 0.29) is 50.5 Å². The van der Waals surface area contributed by atoms with Crippen LogP contribution in [0.3, 0.4) is 0 Å². The molecule has 1 N–H and O–H groups in total. The minimum absolute atomic E-state index is 0.0437. The number of carbonyl (C=O) groups is 1.